The van der Waals surface area contributed by atoms with Gasteiger partial charge in [0.2, 0.25) is 15.9 Å². The molecule has 0 spiro atoms. The van der Waals surface area contributed by atoms with Gasteiger partial charge in [-0.2, -0.15) is 4.31 Å². The fourth-order valence-electron chi connectivity index (χ4n) is 3.91. The summed E-state index contributed by atoms with van der Waals surface area (Å²) in [7, 11) is -3.65. The lowest BCUT2D eigenvalue weighted by atomic mass is 10.1. The van der Waals surface area contributed by atoms with E-state index in [1.165, 1.54) is 19.0 Å². The first kappa shape index (κ1) is 16.8. The molecule has 1 N–H and O–H groups in total. The molecule has 2 aliphatic rings. The Bertz CT molecular complexity index is 924. The van der Waals surface area contributed by atoms with E-state index in [1.807, 2.05) is 0 Å². The number of benzene rings is 1. The van der Waals surface area contributed by atoms with Crippen LogP contribution in [0.1, 0.15) is 26.7 Å². The molecule has 0 radical (unpaired) electrons. The molecule has 7 heteroatoms. The number of rotatable bonds is 3. The lowest BCUT2D eigenvalue weighted by Crippen LogP contribution is -2.56. The average molecular weight is 361 g/mol. The Hall–Kier alpha value is -1.70. The van der Waals surface area contributed by atoms with Gasteiger partial charge in [-0.3, -0.25) is 4.90 Å². The number of sulfonamides is 1. The molecule has 4 rings (SSSR count). The van der Waals surface area contributed by atoms with Crippen molar-refractivity contribution in [3.63, 3.8) is 0 Å². The van der Waals surface area contributed by atoms with Crippen molar-refractivity contribution < 1.29 is 13.5 Å². The van der Waals surface area contributed by atoms with Crippen molar-refractivity contribution in [2.75, 3.05) is 19.6 Å². The van der Waals surface area contributed by atoms with Crippen molar-refractivity contribution in [3.8, 4) is 5.88 Å². The lowest BCUT2D eigenvalue weighted by Gasteiger charge is -2.42. The summed E-state index contributed by atoms with van der Waals surface area (Å²) < 4.78 is 28.0. The molecule has 0 unspecified atom stereocenters. The minimum Gasteiger partial charge on any atom is -0.493 e. The molecule has 1 aliphatic carbocycles. The van der Waals surface area contributed by atoms with Crippen LogP contribution in [0.4, 0.5) is 0 Å². The van der Waals surface area contributed by atoms with E-state index >= 15 is 0 Å². The second kappa shape index (κ2) is 5.65. The van der Waals surface area contributed by atoms with Crippen molar-refractivity contribution in [1.29, 1.82) is 0 Å². The van der Waals surface area contributed by atoms with Gasteiger partial charge in [-0.25, -0.2) is 13.4 Å². The Balaban J connectivity index is 1.68. The van der Waals surface area contributed by atoms with Crippen LogP contribution in [0.2, 0.25) is 0 Å². The Morgan fingerprint density at radius 1 is 1.20 bits per heavy atom. The van der Waals surface area contributed by atoms with Crippen molar-refractivity contribution in [3.05, 3.63) is 30.5 Å². The standard InChI is InChI=1S/C18H23N3O3S/c1-13-12-20(9-10-21(13)18(2)7-8-18)25(23,24)16-11-19-17(22)15-6-4-3-5-14(15)16/h3-6,11,13H,7-10,12H2,1-2H3,(H,19,22)/t13-/m0/s1. The van der Waals surface area contributed by atoms with Crippen LogP contribution in [-0.4, -0.2) is 58.9 Å². The van der Waals surface area contributed by atoms with Crippen LogP contribution in [0.15, 0.2) is 35.4 Å². The van der Waals surface area contributed by atoms with Gasteiger partial charge in [-0.15, -0.1) is 0 Å². The van der Waals surface area contributed by atoms with E-state index in [2.05, 4.69) is 23.7 Å². The van der Waals surface area contributed by atoms with Crippen molar-refractivity contribution >= 4 is 20.8 Å². The van der Waals surface area contributed by atoms with Gasteiger partial charge in [0.1, 0.15) is 4.90 Å². The molecule has 0 bridgehead atoms. The Kier molecular flexibility index (Phi) is 3.79. The van der Waals surface area contributed by atoms with Gasteiger partial charge in [-0.1, -0.05) is 18.2 Å². The molecule has 1 aromatic carbocycles. The smallest absolute Gasteiger partial charge is 0.245 e. The molecule has 0 amide bonds. The topological polar surface area (TPSA) is 73.7 Å². The molecule has 1 atom stereocenters. The number of aromatic nitrogens is 1. The summed E-state index contributed by atoms with van der Waals surface area (Å²) in [4.78, 5) is 6.49. The molecule has 134 valence electrons. The largest absolute Gasteiger partial charge is 0.493 e. The predicted octanol–water partition coefficient (Wildman–Crippen LogP) is 2.19. The quantitative estimate of drug-likeness (QED) is 0.907. The van der Waals surface area contributed by atoms with Crippen LogP contribution >= 0.6 is 0 Å². The molecule has 1 aromatic heterocycles. The first-order chi connectivity index (χ1) is 11.8. The van der Waals surface area contributed by atoms with E-state index in [0.29, 0.717) is 23.9 Å². The number of aromatic hydroxyl groups is 1. The lowest BCUT2D eigenvalue weighted by molar-refractivity contribution is 0.0783. The Labute approximate surface area is 148 Å². The third kappa shape index (κ3) is 2.70. The first-order valence-electron chi connectivity index (χ1n) is 8.66. The first-order valence-corrected chi connectivity index (χ1v) is 10.1. The van der Waals surface area contributed by atoms with Crippen LogP contribution < -0.4 is 0 Å². The maximum absolute atomic E-state index is 13.2. The minimum absolute atomic E-state index is 0.144. The van der Waals surface area contributed by atoms with Gasteiger partial charge in [0.05, 0.1) is 6.20 Å². The van der Waals surface area contributed by atoms with Crippen molar-refractivity contribution in [1.82, 2.24) is 14.2 Å². The Morgan fingerprint density at radius 2 is 1.88 bits per heavy atom. The number of nitrogens with zero attached hydrogens (tertiary/aromatic N) is 3. The van der Waals surface area contributed by atoms with Crippen LogP contribution in [0.5, 0.6) is 5.88 Å². The van der Waals surface area contributed by atoms with E-state index in [0.717, 1.165) is 6.54 Å². The molecule has 6 nitrogen and oxygen atoms in total. The highest BCUT2D eigenvalue weighted by molar-refractivity contribution is 7.89. The second-order valence-corrected chi connectivity index (χ2v) is 9.30. The van der Waals surface area contributed by atoms with E-state index in [1.54, 1.807) is 28.6 Å². The van der Waals surface area contributed by atoms with Crippen LogP contribution in [0, 0.1) is 0 Å². The highest BCUT2D eigenvalue weighted by Crippen LogP contribution is 2.43. The Morgan fingerprint density at radius 3 is 2.52 bits per heavy atom. The third-order valence-corrected chi connectivity index (χ3v) is 7.51. The van der Waals surface area contributed by atoms with E-state index in [-0.39, 0.29) is 22.4 Å². The van der Waals surface area contributed by atoms with E-state index in [4.69, 9.17) is 0 Å². The molecule has 1 saturated carbocycles. The van der Waals surface area contributed by atoms with Gasteiger partial charge in [0.25, 0.3) is 0 Å². The molecule has 2 fully saturated rings. The van der Waals surface area contributed by atoms with Crippen molar-refractivity contribution in [2.24, 2.45) is 0 Å². The molecule has 25 heavy (non-hydrogen) atoms. The number of piperazine rings is 1. The second-order valence-electron chi connectivity index (χ2n) is 7.39. The zero-order chi connectivity index (χ0) is 17.8. The molecular weight excluding hydrogens is 338 g/mol. The summed E-state index contributed by atoms with van der Waals surface area (Å²) in [6.07, 6.45) is 3.65. The highest BCUT2D eigenvalue weighted by atomic mass is 32.2. The zero-order valence-electron chi connectivity index (χ0n) is 14.5. The maximum atomic E-state index is 13.2. The molecule has 2 aromatic rings. The zero-order valence-corrected chi connectivity index (χ0v) is 15.3. The summed E-state index contributed by atoms with van der Waals surface area (Å²) in [5, 5.41) is 10.9. The molecular formula is C18H23N3O3S. The minimum atomic E-state index is -3.65. The van der Waals surface area contributed by atoms with Crippen LogP contribution in [0.25, 0.3) is 10.8 Å². The normalized spacial score (nSPS) is 24.5. The maximum Gasteiger partial charge on any atom is 0.245 e. The monoisotopic (exact) mass is 361 g/mol. The fourth-order valence-corrected chi connectivity index (χ4v) is 5.56. The summed E-state index contributed by atoms with van der Waals surface area (Å²) in [5.41, 5.74) is 0.252. The van der Waals surface area contributed by atoms with Gasteiger partial charge in [0, 0.05) is 42.0 Å². The number of fused-ring (bicyclic) bond motifs is 1. The summed E-state index contributed by atoms with van der Waals surface area (Å²) in [6, 6.07) is 7.12. The summed E-state index contributed by atoms with van der Waals surface area (Å²) in [6.45, 7) is 6.06. The van der Waals surface area contributed by atoms with Gasteiger partial charge >= 0.3 is 0 Å². The van der Waals surface area contributed by atoms with Crippen LogP contribution in [-0.2, 0) is 10.0 Å². The number of hydrogen-bond acceptors (Lipinski definition) is 5. The molecule has 2 heterocycles. The fraction of sp³-hybridized carbons (Fsp3) is 0.500. The van der Waals surface area contributed by atoms with E-state index in [9.17, 15) is 13.5 Å². The van der Waals surface area contributed by atoms with Gasteiger partial charge < -0.3 is 5.11 Å². The van der Waals surface area contributed by atoms with Gasteiger partial charge in [-0.05, 0) is 32.8 Å². The van der Waals surface area contributed by atoms with Crippen LogP contribution in [0.3, 0.4) is 0 Å². The average Bonchev–Trinajstić information content (AvgIpc) is 3.33. The summed E-state index contributed by atoms with van der Waals surface area (Å²) >= 11 is 0. The van der Waals surface area contributed by atoms with Gasteiger partial charge in [0.15, 0.2) is 0 Å². The van der Waals surface area contributed by atoms with Crippen molar-refractivity contribution in [2.45, 2.75) is 43.2 Å². The molecule has 1 saturated heterocycles. The molecule has 1 aliphatic heterocycles. The SMILES string of the molecule is C[C@H]1CN(S(=O)(=O)c2cnc(O)c3ccccc23)CCN1C1(C)CC1. The highest BCUT2D eigenvalue weighted by Gasteiger charge is 2.47. The predicted molar refractivity (Wildman–Crippen MR) is 96.0 cm³/mol. The summed E-state index contributed by atoms with van der Waals surface area (Å²) in [5.74, 6) is -0.144. The van der Waals surface area contributed by atoms with E-state index < -0.39 is 10.0 Å². The number of pyridine rings is 1. The number of hydrogen-bond donors (Lipinski definition) is 1. The third-order valence-electron chi connectivity index (χ3n) is 5.61.